The Morgan fingerprint density at radius 3 is 2.64 bits per heavy atom. The van der Waals surface area contributed by atoms with Crippen molar-refractivity contribution in [2.75, 3.05) is 6.61 Å². The molecule has 0 aromatic rings. The molecular weight excluding hydrogens is 312 g/mol. The molecule has 3 nitrogen and oxygen atoms in total. The van der Waals surface area contributed by atoms with Crippen molar-refractivity contribution in [3.05, 3.63) is 12.2 Å². The number of carbonyl (C=O) groups excluding carboxylic acids is 1. The third-order valence-electron chi connectivity index (χ3n) is 8.95. The van der Waals surface area contributed by atoms with Crippen LogP contribution in [0.15, 0.2) is 12.2 Å². The highest BCUT2D eigenvalue weighted by molar-refractivity contribution is 5.66. The molecule has 4 aliphatic carbocycles. The third kappa shape index (κ3) is 2.23. The molecule has 0 radical (unpaired) electrons. The molecule has 4 fully saturated rings. The van der Waals surface area contributed by atoms with Gasteiger partial charge in [-0.05, 0) is 79.1 Å². The number of hydrogen-bond acceptors (Lipinski definition) is 3. The van der Waals surface area contributed by atoms with Crippen molar-refractivity contribution < 1.29 is 14.6 Å². The van der Waals surface area contributed by atoms with Crippen LogP contribution in [0.5, 0.6) is 0 Å². The predicted molar refractivity (Wildman–Crippen MR) is 97.8 cm³/mol. The fourth-order valence-electron chi connectivity index (χ4n) is 8.02. The lowest BCUT2D eigenvalue weighted by atomic mass is 9.41. The maximum absolute atomic E-state index is 11.8. The highest BCUT2D eigenvalue weighted by atomic mass is 16.5. The van der Waals surface area contributed by atoms with E-state index in [0.717, 1.165) is 25.7 Å². The molecule has 0 saturated heterocycles. The molecule has 0 heterocycles. The lowest BCUT2D eigenvalue weighted by Gasteiger charge is -2.64. The van der Waals surface area contributed by atoms with E-state index in [-0.39, 0.29) is 28.3 Å². The molecule has 3 heteroatoms. The van der Waals surface area contributed by atoms with Gasteiger partial charge in [0.05, 0.1) is 0 Å². The Morgan fingerprint density at radius 1 is 1.20 bits per heavy atom. The van der Waals surface area contributed by atoms with Crippen molar-refractivity contribution in [2.24, 2.45) is 34.0 Å². The number of aliphatic hydroxyl groups is 1. The Morgan fingerprint density at radius 2 is 1.96 bits per heavy atom. The van der Waals surface area contributed by atoms with Gasteiger partial charge in [-0.25, -0.2) is 0 Å². The fourth-order valence-corrected chi connectivity index (χ4v) is 8.02. The minimum atomic E-state index is -0.164. The molecule has 0 amide bonds. The molecule has 2 bridgehead atoms. The molecule has 7 atom stereocenters. The second-order valence-corrected chi connectivity index (χ2v) is 10.1. The van der Waals surface area contributed by atoms with Crippen molar-refractivity contribution >= 4 is 5.97 Å². The van der Waals surface area contributed by atoms with Gasteiger partial charge >= 0.3 is 5.97 Å². The molecule has 4 saturated carbocycles. The van der Waals surface area contributed by atoms with Crippen LogP contribution >= 0.6 is 0 Å². The van der Waals surface area contributed by atoms with Crippen LogP contribution in [0.3, 0.4) is 0 Å². The van der Waals surface area contributed by atoms with E-state index in [9.17, 15) is 9.90 Å². The van der Waals surface area contributed by atoms with Crippen LogP contribution < -0.4 is 0 Å². The number of aliphatic hydroxyl groups excluding tert-OH is 1. The normalized spacial score (nSPS) is 51.6. The topological polar surface area (TPSA) is 46.5 Å². The Hall–Kier alpha value is -0.830. The van der Waals surface area contributed by atoms with Crippen LogP contribution in [0, 0.1) is 34.0 Å². The molecule has 0 aromatic carbocycles. The zero-order valence-corrected chi connectivity index (χ0v) is 16.1. The van der Waals surface area contributed by atoms with Gasteiger partial charge in [-0.3, -0.25) is 4.79 Å². The van der Waals surface area contributed by atoms with E-state index in [1.165, 1.54) is 38.2 Å². The number of hydrogen-bond donors (Lipinski definition) is 1. The van der Waals surface area contributed by atoms with Gasteiger partial charge in [0, 0.05) is 18.9 Å². The molecule has 0 aliphatic heterocycles. The highest BCUT2D eigenvalue weighted by Gasteiger charge is 2.67. The molecule has 1 spiro atoms. The molecule has 1 N–H and O–H groups in total. The number of fused-ring (bicyclic) bond motifs is 3. The first kappa shape index (κ1) is 17.6. The van der Waals surface area contributed by atoms with E-state index in [4.69, 9.17) is 4.74 Å². The van der Waals surface area contributed by atoms with Crippen LogP contribution in [0.4, 0.5) is 0 Å². The van der Waals surface area contributed by atoms with Gasteiger partial charge in [0.25, 0.3) is 0 Å². The van der Waals surface area contributed by atoms with E-state index in [1.807, 2.05) is 0 Å². The summed E-state index contributed by atoms with van der Waals surface area (Å²) < 4.78 is 5.91. The molecule has 25 heavy (non-hydrogen) atoms. The average Bonchev–Trinajstić information content (AvgIpc) is 2.75. The average molecular weight is 347 g/mol. The lowest BCUT2D eigenvalue weighted by Crippen LogP contribution is -2.59. The van der Waals surface area contributed by atoms with Crippen LogP contribution in [0.25, 0.3) is 0 Å². The molecule has 140 valence electrons. The predicted octanol–water partition coefficient (Wildman–Crippen LogP) is 4.49. The molecule has 4 aliphatic rings. The molecular formula is C22H34O3. The smallest absolute Gasteiger partial charge is 0.303 e. The largest absolute Gasteiger partial charge is 0.457 e. The van der Waals surface area contributed by atoms with Gasteiger partial charge in [-0.15, -0.1) is 0 Å². The van der Waals surface area contributed by atoms with Gasteiger partial charge in [-0.2, -0.15) is 0 Å². The lowest BCUT2D eigenvalue weighted by molar-refractivity contribution is -0.190. The quantitative estimate of drug-likeness (QED) is 0.592. The maximum Gasteiger partial charge on any atom is 0.303 e. The van der Waals surface area contributed by atoms with E-state index in [0.29, 0.717) is 24.4 Å². The van der Waals surface area contributed by atoms with Gasteiger partial charge in [-0.1, -0.05) is 26.8 Å². The first-order valence-electron chi connectivity index (χ1n) is 10.2. The number of esters is 1. The Kier molecular flexibility index (Phi) is 3.92. The van der Waals surface area contributed by atoms with Gasteiger partial charge in [0.15, 0.2) is 0 Å². The Balaban J connectivity index is 1.75. The Labute approximate surface area is 152 Å². The summed E-state index contributed by atoms with van der Waals surface area (Å²) in [6.07, 6.45) is 9.39. The monoisotopic (exact) mass is 346 g/mol. The molecule has 0 aromatic heterocycles. The minimum absolute atomic E-state index is 0.0536. The highest BCUT2D eigenvalue weighted by Crippen LogP contribution is 2.72. The van der Waals surface area contributed by atoms with Crippen LogP contribution in [-0.4, -0.2) is 23.8 Å². The van der Waals surface area contributed by atoms with Gasteiger partial charge < -0.3 is 9.84 Å². The first-order chi connectivity index (χ1) is 11.8. The summed E-state index contributed by atoms with van der Waals surface area (Å²) in [4.78, 5) is 11.8. The van der Waals surface area contributed by atoms with Crippen molar-refractivity contribution in [3.63, 3.8) is 0 Å². The maximum atomic E-state index is 11.8. The van der Waals surface area contributed by atoms with Crippen molar-refractivity contribution in [1.29, 1.82) is 0 Å². The van der Waals surface area contributed by atoms with E-state index in [2.05, 4.69) is 20.4 Å². The molecule has 0 unspecified atom stereocenters. The van der Waals surface area contributed by atoms with Crippen LogP contribution in [0.2, 0.25) is 0 Å². The minimum Gasteiger partial charge on any atom is -0.457 e. The van der Waals surface area contributed by atoms with Crippen LogP contribution in [0.1, 0.15) is 72.1 Å². The number of carbonyl (C=O) groups is 1. The summed E-state index contributed by atoms with van der Waals surface area (Å²) in [5.41, 5.74) is 1.59. The standard InChI is InChI=1S/C22H34O3/c1-14-16-6-7-18-21(4)10-5-9-20(3,13-23)17(21)8-11-22(18,12-16)19(14)25-15(2)24/h16-19,23H,1,5-13H2,2-4H3/t16-,17-,18+,19+,20-,21-,22-/m1/s1. The second kappa shape index (κ2) is 5.58. The van der Waals surface area contributed by atoms with Crippen molar-refractivity contribution in [1.82, 2.24) is 0 Å². The summed E-state index contributed by atoms with van der Waals surface area (Å²) >= 11 is 0. The van der Waals surface area contributed by atoms with Gasteiger partial charge in [0.2, 0.25) is 0 Å². The van der Waals surface area contributed by atoms with Crippen molar-refractivity contribution in [2.45, 2.75) is 78.2 Å². The number of rotatable bonds is 2. The zero-order chi connectivity index (χ0) is 18.0. The third-order valence-corrected chi connectivity index (χ3v) is 8.95. The summed E-state index contributed by atoms with van der Waals surface area (Å²) in [6.45, 7) is 11.0. The number of ether oxygens (including phenoxy) is 1. The van der Waals surface area contributed by atoms with E-state index < -0.39 is 0 Å². The van der Waals surface area contributed by atoms with Gasteiger partial charge in [0.1, 0.15) is 6.10 Å². The summed E-state index contributed by atoms with van der Waals surface area (Å²) in [6, 6.07) is 0. The van der Waals surface area contributed by atoms with Crippen molar-refractivity contribution in [3.8, 4) is 0 Å². The summed E-state index contributed by atoms with van der Waals surface area (Å²) in [7, 11) is 0. The fraction of sp³-hybridized carbons (Fsp3) is 0.864. The summed E-state index contributed by atoms with van der Waals surface area (Å²) in [5.74, 6) is 1.54. The van der Waals surface area contributed by atoms with E-state index in [1.54, 1.807) is 0 Å². The molecule has 4 rings (SSSR count). The Bertz CT molecular complexity index is 598. The first-order valence-corrected chi connectivity index (χ1v) is 10.2. The van der Waals surface area contributed by atoms with E-state index >= 15 is 0 Å². The zero-order valence-electron chi connectivity index (χ0n) is 16.1. The second-order valence-electron chi connectivity index (χ2n) is 10.1. The summed E-state index contributed by atoms with van der Waals surface area (Å²) in [5, 5.41) is 10.2. The SMILES string of the molecule is C=C1[C@@H]2CC[C@H]3[C@]4(C)CCC[C@](C)(CO)[C@H]4CC[C@]3(C2)[C@H]1OC(C)=O. The van der Waals surface area contributed by atoms with Crippen LogP contribution in [-0.2, 0) is 9.53 Å².